The summed E-state index contributed by atoms with van der Waals surface area (Å²) in [5.41, 5.74) is 1.23. The maximum Gasteiger partial charge on any atom is 0.244 e. The van der Waals surface area contributed by atoms with Crippen LogP contribution < -0.4 is 9.62 Å². The van der Waals surface area contributed by atoms with Crippen molar-refractivity contribution in [2.75, 3.05) is 17.1 Å². The average Bonchev–Trinajstić information content (AvgIpc) is 2.85. The maximum absolute atomic E-state index is 14.1. The number of nitrogens with zero attached hydrogens (tertiary/aromatic N) is 2. The van der Waals surface area contributed by atoms with Gasteiger partial charge in [-0.1, -0.05) is 81.6 Å². The van der Waals surface area contributed by atoms with Crippen LogP contribution in [0, 0.1) is 0 Å². The van der Waals surface area contributed by atoms with Gasteiger partial charge >= 0.3 is 0 Å². The predicted molar refractivity (Wildman–Crippen MR) is 165 cm³/mol. The summed E-state index contributed by atoms with van der Waals surface area (Å²) >= 11 is 15.8. The number of carbonyl (C=O) groups is 2. The molecule has 1 atom stereocenters. The highest BCUT2D eigenvalue weighted by Gasteiger charge is 2.34. The van der Waals surface area contributed by atoms with Gasteiger partial charge in [0.2, 0.25) is 21.8 Å². The molecule has 0 saturated carbocycles. The molecular formula is C29H32BrCl2N3O4S. The molecule has 40 heavy (non-hydrogen) atoms. The fourth-order valence-electron chi connectivity index (χ4n) is 4.09. The Morgan fingerprint density at radius 1 is 0.925 bits per heavy atom. The lowest BCUT2D eigenvalue weighted by atomic mass is 10.0. The van der Waals surface area contributed by atoms with Crippen molar-refractivity contribution >= 4 is 66.7 Å². The van der Waals surface area contributed by atoms with E-state index in [1.807, 2.05) is 51.1 Å². The second kappa shape index (κ2) is 13.4. The van der Waals surface area contributed by atoms with Gasteiger partial charge in [-0.15, -0.1) is 0 Å². The number of carbonyl (C=O) groups excluding carboxylic acids is 2. The summed E-state index contributed by atoms with van der Waals surface area (Å²) in [4.78, 5) is 29.2. The van der Waals surface area contributed by atoms with Gasteiger partial charge < -0.3 is 10.2 Å². The van der Waals surface area contributed by atoms with Crippen molar-refractivity contribution in [3.63, 3.8) is 0 Å². The lowest BCUT2D eigenvalue weighted by Crippen LogP contribution is -2.56. The number of rotatable bonds is 10. The van der Waals surface area contributed by atoms with Gasteiger partial charge in [0.05, 0.1) is 22.0 Å². The molecule has 7 nitrogen and oxygen atoms in total. The van der Waals surface area contributed by atoms with Crippen LogP contribution in [0.3, 0.4) is 0 Å². The highest BCUT2D eigenvalue weighted by Crippen LogP contribution is 2.26. The number of sulfonamides is 1. The Kier molecular flexibility index (Phi) is 10.7. The molecule has 3 aromatic carbocycles. The number of nitrogens with one attached hydrogen (secondary N) is 1. The van der Waals surface area contributed by atoms with E-state index in [0.717, 1.165) is 16.1 Å². The largest absolute Gasteiger partial charge is 0.350 e. The van der Waals surface area contributed by atoms with Crippen molar-refractivity contribution in [1.82, 2.24) is 10.2 Å². The number of hydrogen-bond acceptors (Lipinski definition) is 4. The quantitative estimate of drug-likeness (QED) is 0.284. The van der Waals surface area contributed by atoms with Gasteiger partial charge in [0.1, 0.15) is 12.6 Å². The van der Waals surface area contributed by atoms with Crippen LogP contribution in [-0.4, -0.2) is 49.5 Å². The molecule has 0 fully saturated rings. The molecule has 2 amide bonds. The van der Waals surface area contributed by atoms with Gasteiger partial charge in [-0.3, -0.25) is 13.9 Å². The van der Waals surface area contributed by atoms with E-state index in [2.05, 4.69) is 21.2 Å². The van der Waals surface area contributed by atoms with Crippen molar-refractivity contribution in [3.05, 3.63) is 98.4 Å². The zero-order valence-electron chi connectivity index (χ0n) is 22.7. The molecule has 0 unspecified atom stereocenters. The van der Waals surface area contributed by atoms with Crippen LogP contribution >= 0.6 is 39.1 Å². The second-order valence-electron chi connectivity index (χ2n) is 10.5. The van der Waals surface area contributed by atoms with Crippen molar-refractivity contribution in [3.8, 4) is 0 Å². The third kappa shape index (κ3) is 9.23. The van der Waals surface area contributed by atoms with Crippen LogP contribution in [0.1, 0.15) is 31.9 Å². The summed E-state index contributed by atoms with van der Waals surface area (Å²) in [5, 5.41) is 3.64. The van der Waals surface area contributed by atoms with Crippen LogP contribution in [0.4, 0.5) is 5.69 Å². The predicted octanol–water partition coefficient (Wildman–Crippen LogP) is 6.08. The lowest BCUT2D eigenvalue weighted by Gasteiger charge is -2.35. The van der Waals surface area contributed by atoms with Gasteiger partial charge in [0, 0.05) is 23.0 Å². The van der Waals surface area contributed by atoms with Crippen molar-refractivity contribution in [2.45, 2.75) is 45.3 Å². The van der Waals surface area contributed by atoms with Crippen LogP contribution in [0.5, 0.6) is 0 Å². The Hall–Kier alpha value is -2.59. The second-order valence-corrected chi connectivity index (χ2v) is 14.1. The fraction of sp³-hybridized carbons (Fsp3) is 0.310. The number of anilines is 1. The Bertz CT molecular complexity index is 1460. The van der Waals surface area contributed by atoms with E-state index in [9.17, 15) is 18.0 Å². The molecule has 0 aromatic heterocycles. The molecule has 11 heteroatoms. The van der Waals surface area contributed by atoms with Gasteiger partial charge in [-0.25, -0.2) is 8.42 Å². The molecule has 0 radical (unpaired) electrons. The minimum atomic E-state index is -3.86. The first-order valence-electron chi connectivity index (χ1n) is 12.5. The molecular weight excluding hydrogens is 637 g/mol. The summed E-state index contributed by atoms with van der Waals surface area (Å²) in [7, 11) is -3.86. The highest BCUT2D eigenvalue weighted by atomic mass is 79.9. The monoisotopic (exact) mass is 667 g/mol. The van der Waals surface area contributed by atoms with Gasteiger partial charge in [-0.2, -0.15) is 0 Å². The molecule has 0 aliphatic heterocycles. The normalized spacial score (nSPS) is 12.5. The average molecular weight is 669 g/mol. The van der Waals surface area contributed by atoms with Gasteiger partial charge in [-0.05, 0) is 62.2 Å². The highest BCUT2D eigenvalue weighted by molar-refractivity contribution is 9.10. The number of benzene rings is 3. The number of amides is 2. The molecule has 0 spiro atoms. The van der Waals surface area contributed by atoms with Crippen molar-refractivity contribution in [2.24, 2.45) is 0 Å². The fourth-order valence-corrected chi connectivity index (χ4v) is 5.64. The third-order valence-electron chi connectivity index (χ3n) is 5.88. The molecule has 0 aliphatic rings. The zero-order valence-corrected chi connectivity index (χ0v) is 26.6. The van der Waals surface area contributed by atoms with Crippen LogP contribution in [0.2, 0.25) is 10.0 Å². The Morgan fingerprint density at radius 3 is 2.17 bits per heavy atom. The van der Waals surface area contributed by atoms with Crippen LogP contribution in [0.15, 0.2) is 77.3 Å². The summed E-state index contributed by atoms with van der Waals surface area (Å²) in [5.74, 6) is -0.917. The van der Waals surface area contributed by atoms with E-state index >= 15 is 0 Å². The lowest BCUT2D eigenvalue weighted by molar-refractivity contribution is -0.140. The standard InChI is InChI=1S/C29H32BrCl2N3O4S/c1-29(2,3)33-28(37)26(16-20-9-6-5-7-10-20)34(18-21-13-14-24(31)25(32)15-21)27(36)19-35(40(4,38)39)23-12-8-11-22(30)17-23/h5-15,17,26H,16,18-19H2,1-4H3,(H,33,37)/t26-/m0/s1. The van der Waals surface area contributed by atoms with E-state index < -0.39 is 34.1 Å². The number of halogens is 3. The molecule has 0 aliphatic carbocycles. The molecule has 0 saturated heterocycles. The Labute approximate surface area is 254 Å². The van der Waals surface area contributed by atoms with Gasteiger partial charge in [0.25, 0.3) is 0 Å². The molecule has 3 aromatic rings. The van der Waals surface area contributed by atoms with Crippen LogP contribution in [0.25, 0.3) is 0 Å². The Balaban J connectivity index is 2.09. The zero-order chi connectivity index (χ0) is 29.7. The molecule has 0 heterocycles. The smallest absolute Gasteiger partial charge is 0.244 e. The van der Waals surface area contributed by atoms with E-state index in [0.29, 0.717) is 25.8 Å². The van der Waals surface area contributed by atoms with E-state index in [1.54, 1.807) is 42.5 Å². The number of hydrogen-bond donors (Lipinski definition) is 1. The SMILES string of the molecule is CC(C)(C)NC(=O)[C@H](Cc1ccccc1)N(Cc1ccc(Cl)c(Cl)c1)C(=O)CN(c1cccc(Br)c1)S(C)(=O)=O. The third-order valence-corrected chi connectivity index (χ3v) is 8.25. The van der Waals surface area contributed by atoms with E-state index in [-0.39, 0.29) is 18.9 Å². The first kappa shape index (κ1) is 31.9. The van der Waals surface area contributed by atoms with E-state index in [1.165, 1.54) is 4.90 Å². The Morgan fingerprint density at radius 2 is 1.60 bits per heavy atom. The molecule has 0 bridgehead atoms. The summed E-state index contributed by atoms with van der Waals surface area (Å²) in [6.45, 7) is 5.06. The first-order chi connectivity index (χ1) is 18.6. The summed E-state index contributed by atoms with van der Waals surface area (Å²) in [6.07, 6.45) is 1.25. The molecule has 3 rings (SSSR count). The van der Waals surface area contributed by atoms with Crippen LogP contribution in [-0.2, 0) is 32.6 Å². The van der Waals surface area contributed by atoms with Gasteiger partial charge in [0.15, 0.2) is 0 Å². The molecule has 1 N–H and O–H groups in total. The van der Waals surface area contributed by atoms with E-state index in [4.69, 9.17) is 23.2 Å². The summed E-state index contributed by atoms with van der Waals surface area (Å²) < 4.78 is 27.4. The topological polar surface area (TPSA) is 86.8 Å². The summed E-state index contributed by atoms with van der Waals surface area (Å²) in [6, 6.07) is 20.0. The maximum atomic E-state index is 14.1. The minimum Gasteiger partial charge on any atom is -0.350 e. The van der Waals surface area contributed by atoms with Crippen molar-refractivity contribution in [1.29, 1.82) is 0 Å². The minimum absolute atomic E-state index is 0.000864. The van der Waals surface area contributed by atoms with Crippen molar-refractivity contribution < 1.29 is 18.0 Å². The molecule has 214 valence electrons. The first-order valence-corrected chi connectivity index (χ1v) is 15.9.